The van der Waals surface area contributed by atoms with E-state index in [4.69, 9.17) is 10.1 Å². The quantitative estimate of drug-likeness (QED) is 0.182. The van der Waals surface area contributed by atoms with E-state index in [1.54, 1.807) is 0 Å². The van der Waals surface area contributed by atoms with Gasteiger partial charge in [-0.2, -0.15) is 0 Å². The summed E-state index contributed by atoms with van der Waals surface area (Å²) in [6, 6.07) is 0. The Morgan fingerprint density at radius 2 is 1.60 bits per heavy atom. The van der Waals surface area contributed by atoms with Gasteiger partial charge in [-0.15, -0.1) is 5.34 Å². The van der Waals surface area contributed by atoms with Crippen molar-refractivity contribution in [3.63, 3.8) is 0 Å². The van der Waals surface area contributed by atoms with E-state index in [1.807, 2.05) is 0 Å². The van der Waals surface area contributed by atoms with E-state index in [2.05, 4.69) is 0 Å². The summed E-state index contributed by atoms with van der Waals surface area (Å²) in [6.07, 6.45) is 0. The SMILES string of the molecule is O=N[O-].[B].[K+]. The number of nitrogens with zero attached hydrogens (tertiary/aromatic N) is 1. The van der Waals surface area contributed by atoms with Gasteiger partial charge in [-0.1, -0.05) is 0 Å². The van der Waals surface area contributed by atoms with Crippen molar-refractivity contribution in [2.45, 2.75) is 0 Å². The van der Waals surface area contributed by atoms with Gasteiger partial charge < -0.3 is 10.1 Å². The molecule has 0 fully saturated rings. The van der Waals surface area contributed by atoms with Crippen LogP contribution in [0.25, 0.3) is 0 Å². The minimum Gasteiger partial charge on any atom is -0.444 e. The Morgan fingerprint density at radius 3 is 1.60 bits per heavy atom. The molecule has 3 nitrogen and oxygen atoms in total. The fourth-order valence-corrected chi connectivity index (χ4v) is 0. The monoisotopic (exact) mass is 96.0 g/mol. The van der Waals surface area contributed by atoms with E-state index in [0.29, 0.717) is 0 Å². The van der Waals surface area contributed by atoms with Gasteiger partial charge in [0, 0.05) is 8.41 Å². The maximum atomic E-state index is 8.00. The molecule has 0 aromatic rings. The Bertz CT molecular complexity index is 17.1. The standard InChI is InChI=1S/B.K.HNO2/c;;2-1-3/h;;(H,2,3)/q;+1;/p-1. The van der Waals surface area contributed by atoms with Crippen molar-refractivity contribution in [1.29, 1.82) is 0 Å². The van der Waals surface area contributed by atoms with Crippen LogP contribution >= 0.6 is 0 Å². The first-order valence-corrected chi connectivity index (χ1v) is 0.365. The molecule has 0 spiro atoms. The normalized spacial score (nSPS) is 2.40. The zero-order chi connectivity index (χ0) is 2.71. The summed E-state index contributed by atoms with van der Waals surface area (Å²) in [4.78, 5) is 8.00. The Balaban J connectivity index is -0.0000000200. The second kappa shape index (κ2) is 19.4. The molecule has 0 atom stereocenters. The first-order valence-electron chi connectivity index (χ1n) is 0.365. The largest absolute Gasteiger partial charge is 1.00 e. The maximum absolute atomic E-state index is 8.00. The first kappa shape index (κ1) is 16.5. The molecule has 0 aromatic carbocycles. The van der Waals surface area contributed by atoms with Crippen LogP contribution in [0.2, 0.25) is 0 Å². The molecule has 3 radical (unpaired) electrons. The van der Waals surface area contributed by atoms with E-state index in [-0.39, 0.29) is 59.8 Å². The number of hydrogen-bond acceptors (Lipinski definition) is 3. The Labute approximate surface area is 74.1 Å². The molecule has 5 heavy (non-hydrogen) atoms. The van der Waals surface area contributed by atoms with Crippen molar-refractivity contribution in [2.24, 2.45) is 5.34 Å². The van der Waals surface area contributed by atoms with Crippen molar-refractivity contribution in [3.8, 4) is 0 Å². The Morgan fingerprint density at radius 1 is 1.60 bits per heavy atom. The molecule has 0 saturated carbocycles. The van der Waals surface area contributed by atoms with Crippen molar-refractivity contribution >= 4 is 8.41 Å². The molecule has 0 aliphatic heterocycles. The van der Waals surface area contributed by atoms with Crippen LogP contribution in [-0.2, 0) is 0 Å². The molecule has 0 saturated heterocycles. The van der Waals surface area contributed by atoms with Crippen LogP contribution in [0.15, 0.2) is 5.34 Å². The number of rotatable bonds is 0. The zero-order valence-corrected chi connectivity index (χ0v) is 5.96. The van der Waals surface area contributed by atoms with Crippen LogP contribution in [0, 0.1) is 10.1 Å². The van der Waals surface area contributed by atoms with Crippen molar-refractivity contribution in [2.75, 3.05) is 0 Å². The van der Waals surface area contributed by atoms with E-state index in [9.17, 15) is 0 Å². The van der Waals surface area contributed by atoms with Gasteiger partial charge in [0.2, 0.25) is 0 Å². The summed E-state index contributed by atoms with van der Waals surface area (Å²) in [7, 11) is 0. The van der Waals surface area contributed by atoms with Gasteiger partial charge in [0.15, 0.2) is 0 Å². The summed E-state index contributed by atoms with van der Waals surface area (Å²) in [5.41, 5.74) is 0. The zero-order valence-electron chi connectivity index (χ0n) is 2.84. The fraction of sp³-hybridized carbons (Fsp3) is 0. The van der Waals surface area contributed by atoms with Gasteiger partial charge in [0.05, 0.1) is 0 Å². The van der Waals surface area contributed by atoms with E-state index in [0.717, 1.165) is 5.34 Å². The topological polar surface area (TPSA) is 52.5 Å². The summed E-state index contributed by atoms with van der Waals surface area (Å²) in [5, 5.41) is 9.00. The van der Waals surface area contributed by atoms with Crippen LogP contribution in [0.5, 0.6) is 0 Å². The molecule has 0 amide bonds. The fourth-order valence-electron chi connectivity index (χ4n) is 0. The predicted molar refractivity (Wildman–Crippen MR) is 14.9 cm³/mol. The maximum Gasteiger partial charge on any atom is 1.00 e. The van der Waals surface area contributed by atoms with Gasteiger partial charge in [0.25, 0.3) is 0 Å². The second-order valence-corrected chi connectivity index (χ2v) is 0.0745. The van der Waals surface area contributed by atoms with Gasteiger partial charge in [-0.3, -0.25) is 0 Å². The van der Waals surface area contributed by atoms with Crippen molar-refractivity contribution < 1.29 is 51.4 Å². The summed E-state index contributed by atoms with van der Waals surface area (Å²) in [6.45, 7) is 0. The summed E-state index contributed by atoms with van der Waals surface area (Å²) >= 11 is 0. The first-order chi connectivity index (χ1) is 1.41. The molecule has 0 N–H and O–H groups in total. The molecule has 0 aliphatic rings. The van der Waals surface area contributed by atoms with Crippen molar-refractivity contribution in [1.82, 2.24) is 0 Å². The third-order valence-corrected chi connectivity index (χ3v) is 0. The smallest absolute Gasteiger partial charge is 0.444 e. The Kier molecular flexibility index (Phi) is 64.2. The molecular formula is BKNO2. The van der Waals surface area contributed by atoms with Crippen LogP contribution in [0.1, 0.15) is 0 Å². The molecule has 0 bridgehead atoms. The van der Waals surface area contributed by atoms with Crippen LogP contribution < -0.4 is 51.4 Å². The minimum absolute atomic E-state index is 0. The Hall–Kier alpha value is 1.10. The molecular weight excluding hydrogens is 95.9 g/mol. The van der Waals surface area contributed by atoms with Gasteiger partial charge >= 0.3 is 51.4 Å². The average Bonchev–Trinajstić information content (AvgIpc) is 0.918. The molecule has 0 rings (SSSR count). The van der Waals surface area contributed by atoms with Crippen LogP contribution in [0.4, 0.5) is 0 Å². The minimum atomic E-state index is 0. The average molecular weight is 95.9 g/mol. The third kappa shape index (κ3) is 40.5. The third-order valence-electron chi connectivity index (χ3n) is 0. The van der Waals surface area contributed by atoms with Crippen LogP contribution in [-0.4, -0.2) is 8.41 Å². The van der Waals surface area contributed by atoms with Gasteiger partial charge in [-0.05, 0) is 0 Å². The molecule has 21 valence electrons. The summed E-state index contributed by atoms with van der Waals surface area (Å²) in [5.74, 6) is 0. The molecule has 0 unspecified atom stereocenters. The van der Waals surface area contributed by atoms with Crippen LogP contribution in [0.3, 0.4) is 0 Å². The van der Waals surface area contributed by atoms with E-state index >= 15 is 0 Å². The van der Waals surface area contributed by atoms with E-state index in [1.165, 1.54) is 0 Å². The molecule has 0 aliphatic carbocycles. The molecule has 0 aromatic heterocycles. The van der Waals surface area contributed by atoms with Gasteiger partial charge in [-0.25, -0.2) is 0 Å². The molecule has 0 heterocycles. The molecule has 5 heteroatoms. The number of hydrogen-bond donors (Lipinski definition) is 0. The van der Waals surface area contributed by atoms with Gasteiger partial charge in [0.1, 0.15) is 0 Å². The van der Waals surface area contributed by atoms with E-state index < -0.39 is 0 Å². The predicted octanol–water partition coefficient (Wildman–Crippen LogP) is -3.13. The van der Waals surface area contributed by atoms with Crippen molar-refractivity contribution in [3.05, 3.63) is 10.1 Å². The second-order valence-electron chi connectivity index (χ2n) is 0.0745. The summed E-state index contributed by atoms with van der Waals surface area (Å²) < 4.78 is 0.